The number of hydrogen-bond donors (Lipinski definition) is 2. The van der Waals surface area contributed by atoms with Gasteiger partial charge in [-0.2, -0.15) is 5.10 Å². The van der Waals surface area contributed by atoms with Gasteiger partial charge in [0, 0.05) is 18.5 Å². The highest BCUT2D eigenvalue weighted by Crippen LogP contribution is 2.30. The molecule has 6 heteroatoms. The summed E-state index contributed by atoms with van der Waals surface area (Å²) < 4.78 is 1.93. The lowest BCUT2D eigenvalue weighted by molar-refractivity contribution is -0.148. The predicted octanol–water partition coefficient (Wildman–Crippen LogP) is 2.43. The van der Waals surface area contributed by atoms with Gasteiger partial charge in [-0.25, -0.2) is 0 Å². The van der Waals surface area contributed by atoms with E-state index in [1.54, 1.807) is 0 Å². The summed E-state index contributed by atoms with van der Waals surface area (Å²) in [6, 6.07) is 8.02. The van der Waals surface area contributed by atoms with Gasteiger partial charge in [-0.3, -0.25) is 14.3 Å². The summed E-state index contributed by atoms with van der Waals surface area (Å²) in [6.45, 7) is 1.26. The van der Waals surface area contributed by atoms with Crippen LogP contribution in [0.3, 0.4) is 0 Å². The van der Waals surface area contributed by atoms with E-state index in [1.165, 1.54) is 0 Å². The molecule has 1 fully saturated rings. The molecule has 0 radical (unpaired) electrons. The van der Waals surface area contributed by atoms with Gasteiger partial charge in [-0.1, -0.05) is 31.0 Å². The number of hydrogen-bond acceptors (Lipinski definition) is 3. The summed E-state index contributed by atoms with van der Waals surface area (Å²) in [5.74, 6) is -1.89. The number of carbonyl (C=O) groups excluding carboxylic acids is 1. The molecular weight excluding hydrogens is 306 g/mol. The van der Waals surface area contributed by atoms with Gasteiger partial charge in [0.05, 0.1) is 23.5 Å². The van der Waals surface area contributed by atoms with E-state index in [4.69, 9.17) is 0 Å². The first-order valence-corrected chi connectivity index (χ1v) is 8.58. The lowest BCUT2D eigenvalue weighted by Gasteiger charge is -2.27. The van der Waals surface area contributed by atoms with Crippen molar-refractivity contribution in [3.63, 3.8) is 0 Å². The highest BCUT2D eigenvalue weighted by Gasteiger charge is 2.35. The first-order valence-electron chi connectivity index (χ1n) is 8.58. The third kappa shape index (κ3) is 3.58. The average molecular weight is 329 g/mol. The van der Waals surface area contributed by atoms with Crippen molar-refractivity contribution in [2.45, 2.75) is 38.6 Å². The number of para-hydroxylation sites is 1. The van der Waals surface area contributed by atoms with E-state index >= 15 is 0 Å². The Morgan fingerprint density at radius 3 is 2.75 bits per heavy atom. The molecule has 1 heterocycles. The summed E-state index contributed by atoms with van der Waals surface area (Å²) in [5, 5.41) is 17.6. The molecule has 1 aliphatic rings. The molecule has 128 valence electrons. The molecule has 24 heavy (non-hydrogen) atoms. The molecule has 6 nitrogen and oxygen atoms in total. The van der Waals surface area contributed by atoms with E-state index in [0.29, 0.717) is 19.4 Å². The van der Waals surface area contributed by atoms with Crippen molar-refractivity contribution in [3.8, 4) is 0 Å². The van der Waals surface area contributed by atoms with Crippen molar-refractivity contribution < 1.29 is 14.7 Å². The number of amides is 1. The van der Waals surface area contributed by atoms with Gasteiger partial charge in [-0.15, -0.1) is 0 Å². The standard InChI is InChI=1S/C18H23N3O3/c22-17(14-7-2-3-8-15(14)18(23)24)19-10-5-11-21-16-9-4-1-6-13(16)12-20-21/h1,4,6,9,12,14-15H,2-3,5,7-8,10-11H2,(H,19,22)(H,23,24)/t14-,15-/m0/s1. The SMILES string of the molecule is O=C(O)[C@H]1CCCC[C@@H]1C(=O)NCCCn1ncc2ccccc21. The van der Waals surface area contributed by atoms with Crippen molar-refractivity contribution in [3.05, 3.63) is 30.5 Å². The van der Waals surface area contributed by atoms with Crippen LogP contribution in [0.2, 0.25) is 0 Å². The van der Waals surface area contributed by atoms with Gasteiger partial charge in [0.1, 0.15) is 0 Å². The van der Waals surface area contributed by atoms with Crippen molar-refractivity contribution in [1.29, 1.82) is 0 Å². The Hall–Kier alpha value is -2.37. The summed E-state index contributed by atoms with van der Waals surface area (Å²) in [6.07, 6.45) is 5.71. The second kappa shape index (κ2) is 7.47. The fourth-order valence-corrected chi connectivity index (χ4v) is 3.52. The lowest BCUT2D eigenvalue weighted by Crippen LogP contribution is -2.40. The van der Waals surface area contributed by atoms with Crippen LogP contribution in [0.25, 0.3) is 10.9 Å². The van der Waals surface area contributed by atoms with Crippen molar-refractivity contribution >= 4 is 22.8 Å². The Bertz CT molecular complexity index is 725. The van der Waals surface area contributed by atoms with Crippen LogP contribution >= 0.6 is 0 Å². The van der Waals surface area contributed by atoms with E-state index in [-0.39, 0.29) is 11.8 Å². The van der Waals surface area contributed by atoms with Crippen molar-refractivity contribution in [2.75, 3.05) is 6.54 Å². The number of aromatic nitrogens is 2. The fourth-order valence-electron chi connectivity index (χ4n) is 3.52. The topological polar surface area (TPSA) is 84.2 Å². The molecule has 0 spiro atoms. The van der Waals surface area contributed by atoms with Gasteiger partial charge in [0.2, 0.25) is 5.91 Å². The number of carboxylic acid groups (broad SMARTS) is 1. The van der Waals surface area contributed by atoms with Crippen molar-refractivity contribution in [1.82, 2.24) is 15.1 Å². The first kappa shape index (κ1) is 16.5. The maximum Gasteiger partial charge on any atom is 0.307 e. The zero-order valence-corrected chi connectivity index (χ0v) is 13.6. The number of rotatable bonds is 6. The molecule has 2 atom stereocenters. The molecule has 1 amide bonds. The first-order chi connectivity index (χ1) is 11.7. The Labute approximate surface area is 140 Å². The van der Waals surface area contributed by atoms with Crippen LogP contribution in [0.5, 0.6) is 0 Å². The molecule has 0 bridgehead atoms. The van der Waals surface area contributed by atoms with Crippen LogP contribution in [0.15, 0.2) is 30.5 Å². The zero-order chi connectivity index (χ0) is 16.9. The van der Waals surface area contributed by atoms with Gasteiger partial charge in [0.25, 0.3) is 0 Å². The van der Waals surface area contributed by atoms with E-state index in [0.717, 1.165) is 36.7 Å². The third-order valence-corrected chi connectivity index (χ3v) is 4.82. The smallest absolute Gasteiger partial charge is 0.307 e. The fraction of sp³-hybridized carbons (Fsp3) is 0.500. The molecule has 2 aromatic rings. The number of aryl methyl sites for hydroxylation is 1. The summed E-state index contributed by atoms with van der Waals surface area (Å²) in [7, 11) is 0. The van der Waals surface area contributed by atoms with E-state index in [9.17, 15) is 14.7 Å². The molecule has 1 aromatic carbocycles. The average Bonchev–Trinajstić information content (AvgIpc) is 3.01. The van der Waals surface area contributed by atoms with E-state index in [1.807, 2.05) is 35.1 Å². The number of nitrogens with zero attached hydrogens (tertiary/aromatic N) is 2. The van der Waals surface area contributed by atoms with Crippen molar-refractivity contribution in [2.24, 2.45) is 11.8 Å². The second-order valence-electron chi connectivity index (χ2n) is 6.41. The Kier molecular flexibility index (Phi) is 5.13. The number of carboxylic acids is 1. The Balaban J connectivity index is 1.49. The van der Waals surface area contributed by atoms with Gasteiger partial charge < -0.3 is 10.4 Å². The summed E-state index contributed by atoms with van der Waals surface area (Å²) >= 11 is 0. The number of nitrogens with one attached hydrogen (secondary N) is 1. The predicted molar refractivity (Wildman–Crippen MR) is 90.4 cm³/mol. The summed E-state index contributed by atoms with van der Waals surface area (Å²) in [5.41, 5.74) is 1.09. The minimum Gasteiger partial charge on any atom is -0.481 e. The van der Waals surface area contributed by atoms with Crippen LogP contribution in [0, 0.1) is 11.8 Å². The molecule has 1 aromatic heterocycles. The molecule has 1 aliphatic carbocycles. The zero-order valence-electron chi connectivity index (χ0n) is 13.6. The largest absolute Gasteiger partial charge is 0.481 e. The molecular formula is C18H23N3O3. The molecule has 0 saturated heterocycles. The highest BCUT2D eigenvalue weighted by molar-refractivity contribution is 5.84. The van der Waals surface area contributed by atoms with E-state index in [2.05, 4.69) is 10.4 Å². The normalized spacial score (nSPS) is 20.8. The van der Waals surface area contributed by atoms with Crippen LogP contribution in [0.1, 0.15) is 32.1 Å². The van der Waals surface area contributed by atoms with Gasteiger partial charge in [0.15, 0.2) is 0 Å². The maximum atomic E-state index is 12.3. The maximum absolute atomic E-state index is 12.3. The second-order valence-corrected chi connectivity index (χ2v) is 6.41. The monoisotopic (exact) mass is 329 g/mol. The lowest BCUT2D eigenvalue weighted by atomic mass is 9.79. The van der Waals surface area contributed by atoms with Crippen LogP contribution in [0.4, 0.5) is 0 Å². The quantitative estimate of drug-likeness (QED) is 0.797. The van der Waals surface area contributed by atoms with Gasteiger partial charge >= 0.3 is 5.97 Å². The minimum atomic E-state index is -0.849. The van der Waals surface area contributed by atoms with Gasteiger partial charge in [-0.05, 0) is 25.3 Å². The minimum absolute atomic E-state index is 0.118. The number of carbonyl (C=O) groups is 2. The molecule has 1 saturated carbocycles. The molecule has 3 rings (SSSR count). The van der Waals surface area contributed by atoms with Crippen LogP contribution in [-0.2, 0) is 16.1 Å². The van der Waals surface area contributed by atoms with Crippen LogP contribution < -0.4 is 5.32 Å². The molecule has 2 N–H and O–H groups in total. The van der Waals surface area contributed by atoms with Crippen LogP contribution in [-0.4, -0.2) is 33.3 Å². The Morgan fingerprint density at radius 2 is 1.96 bits per heavy atom. The number of aliphatic carboxylic acids is 1. The third-order valence-electron chi connectivity index (χ3n) is 4.82. The van der Waals surface area contributed by atoms with E-state index < -0.39 is 11.9 Å². The molecule has 0 unspecified atom stereocenters. The number of benzene rings is 1. The highest BCUT2D eigenvalue weighted by atomic mass is 16.4. The Morgan fingerprint density at radius 1 is 1.21 bits per heavy atom. The molecule has 0 aliphatic heterocycles. The summed E-state index contributed by atoms with van der Waals surface area (Å²) in [4.78, 5) is 23.6. The number of fused-ring (bicyclic) bond motifs is 1.